The summed E-state index contributed by atoms with van der Waals surface area (Å²) in [5, 5.41) is 3.90. The third kappa shape index (κ3) is 6.66. The van der Waals surface area contributed by atoms with Crippen LogP contribution in [0.15, 0.2) is 35.1 Å². The van der Waals surface area contributed by atoms with Crippen LogP contribution >= 0.6 is 0 Å². The van der Waals surface area contributed by atoms with E-state index in [2.05, 4.69) is 44.1 Å². The highest BCUT2D eigenvalue weighted by Crippen LogP contribution is 2.39. The second-order valence-corrected chi connectivity index (χ2v) is 18.5. The highest BCUT2D eigenvalue weighted by Gasteiger charge is 2.40. The third-order valence-electron chi connectivity index (χ3n) is 9.64. The minimum atomic E-state index is -1.88. The Morgan fingerprint density at radius 2 is 1.72 bits per heavy atom. The maximum absolute atomic E-state index is 14.9. The Balaban J connectivity index is 1.41. The van der Waals surface area contributed by atoms with Crippen molar-refractivity contribution < 1.29 is 17.9 Å². The molecule has 1 aromatic heterocycles. The van der Waals surface area contributed by atoms with E-state index in [0.29, 0.717) is 30.1 Å². The number of nitrogens with zero attached hydrogens (tertiary/aromatic N) is 3. The molecule has 2 saturated heterocycles. The average Bonchev–Trinajstić information content (AvgIpc) is 2.96. The Hall–Kier alpha value is -2.82. The summed E-state index contributed by atoms with van der Waals surface area (Å²) in [6.45, 7) is 16.0. The van der Waals surface area contributed by atoms with Crippen LogP contribution in [0.25, 0.3) is 10.9 Å². The molecule has 0 radical (unpaired) electrons. The van der Waals surface area contributed by atoms with Crippen molar-refractivity contribution in [3.63, 3.8) is 0 Å². The summed E-state index contributed by atoms with van der Waals surface area (Å²) in [5.74, 6) is 0.00251. The number of piperidine rings is 1. The van der Waals surface area contributed by atoms with Gasteiger partial charge >= 0.3 is 0 Å². The minimum absolute atomic E-state index is 0.101. The molecule has 5 rings (SSSR count). The van der Waals surface area contributed by atoms with Crippen LogP contribution in [0.2, 0.25) is 18.1 Å². The van der Waals surface area contributed by atoms with E-state index in [1.54, 1.807) is 23.7 Å². The predicted octanol–water partition coefficient (Wildman–Crippen LogP) is 7.27. The third-order valence-corrected chi connectivity index (χ3v) is 14.2. The number of benzene rings is 2. The molecular formula is C33H46F2N4O3Si. The number of ether oxygens (including phenoxy) is 1. The summed E-state index contributed by atoms with van der Waals surface area (Å²) in [6, 6.07) is 7.06. The summed E-state index contributed by atoms with van der Waals surface area (Å²) >= 11 is 0. The Bertz CT molecular complexity index is 1520. The van der Waals surface area contributed by atoms with Crippen LogP contribution < -0.4 is 15.8 Å². The second kappa shape index (κ2) is 12.3. The molecule has 3 aromatic rings. The fourth-order valence-electron chi connectivity index (χ4n) is 6.04. The number of anilines is 2. The zero-order chi connectivity index (χ0) is 31.1. The van der Waals surface area contributed by atoms with E-state index in [0.717, 1.165) is 50.1 Å². The van der Waals surface area contributed by atoms with E-state index in [1.807, 2.05) is 6.92 Å². The molecule has 0 unspecified atom stereocenters. The average molecular weight is 613 g/mol. The lowest BCUT2D eigenvalue weighted by molar-refractivity contribution is 0.0828. The van der Waals surface area contributed by atoms with Crippen LogP contribution in [0, 0.1) is 11.6 Å². The van der Waals surface area contributed by atoms with E-state index in [4.69, 9.17) is 14.1 Å². The van der Waals surface area contributed by atoms with Gasteiger partial charge in [-0.2, -0.15) is 0 Å². The first kappa shape index (κ1) is 31.6. The SMILES string of the molecule is C[C@@H](Nc1ccc(F)cc1N1CCC(O[Si](C)(C)C(C)(C)C)CC1)c1cc(F)cc2c(=O)n(C)c(C3CCOCC3)nc12. The standard InChI is InChI=1S/C33H46F2N4O3Si/c1-21(26-18-24(35)19-27-30(26)37-31(38(5)32(27)40)22-12-16-41-17-13-22)36-28-9-8-23(34)20-29(28)39-14-10-25(11-15-39)42-43(6,7)33(2,3)4/h8-9,18-22,25,36H,10-17H2,1-7H3/t21-/m1/s1. The Morgan fingerprint density at radius 1 is 1.05 bits per heavy atom. The molecule has 0 saturated carbocycles. The largest absolute Gasteiger partial charge is 0.414 e. The maximum atomic E-state index is 14.9. The van der Waals surface area contributed by atoms with Crippen molar-refractivity contribution in [2.45, 2.75) is 89.6 Å². The first-order valence-corrected chi connectivity index (χ1v) is 18.4. The monoisotopic (exact) mass is 612 g/mol. The van der Waals surface area contributed by atoms with E-state index >= 15 is 0 Å². The number of rotatable bonds is 7. The van der Waals surface area contributed by atoms with Crippen LogP contribution in [0.4, 0.5) is 20.2 Å². The zero-order valence-corrected chi connectivity index (χ0v) is 27.6. The molecule has 7 nitrogen and oxygen atoms in total. The second-order valence-electron chi connectivity index (χ2n) is 13.7. The van der Waals surface area contributed by atoms with Crippen molar-refractivity contribution in [1.82, 2.24) is 9.55 Å². The van der Waals surface area contributed by atoms with Crippen LogP contribution in [0.1, 0.15) is 76.7 Å². The summed E-state index contributed by atoms with van der Waals surface area (Å²) in [7, 11) is -0.175. The van der Waals surface area contributed by atoms with Crippen LogP contribution in [0.3, 0.4) is 0 Å². The van der Waals surface area contributed by atoms with E-state index in [-0.39, 0.29) is 33.8 Å². The normalized spacial score (nSPS) is 18.3. The van der Waals surface area contributed by atoms with Gasteiger partial charge in [-0.3, -0.25) is 9.36 Å². The Labute approximate surface area is 254 Å². The molecule has 0 amide bonds. The predicted molar refractivity (Wildman–Crippen MR) is 172 cm³/mol. The van der Waals surface area contributed by atoms with E-state index in [9.17, 15) is 13.6 Å². The van der Waals surface area contributed by atoms with Crippen molar-refractivity contribution in [3.05, 3.63) is 63.7 Å². The first-order chi connectivity index (χ1) is 20.2. The summed E-state index contributed by atoms with van der Waals surface area (Å²) in [5.41, 5.74) is 2.36. The number of fused-ring (bicyclic) bond motifs is 1. The molecule has 2 aliphatic heterocycles. The molecular weight excluding hydrogens is 566 g/mol. The first-order valence-electron chi connectivity index (χ1n) is 15.5. The van der Waals surface area contributed by atoms with Gasteiger partial charge in [-0.05, 0) is 81.1 Å². The van der Waals surface area contributed by atoms with E-state index < -0.39 is 20.2 Å². The number of hydrogen-bond acceptors (Lipinski definition) is 6. The van der Waals surface area contributed by atoms with Crippen molar-refractivity contribution in [3.8, 4) is 0 Å². The fraction of sp³-hybridized carbons (Fsp3) is 0.576. The van der Waals surface area contributed by atoms with Gasteiger partial charge in [-0.1, -0.05) is 20.8 Å². The maximum Gasteiger partial charge on any atom is 0.261 e. The molecule has 2 aromatic carbocycles. The number of nitrogens with one attached hydrogen (secondary N) is 1. The highest BCUT2D eigenvalue weighted by atomic mass is 28.4. The van der Waals surface area contributed by atoms with Gasteiger partial charge in [-0.15, -0.1) is 0 Å². The molecule has 2 aliphatic rings. The van der Waals surface area contributed by atoms with Gasteiger partial charge in [0.25, 0.3) is 5.56 Å². The molecule has 0 spiro atoms. The summed E-state index contributed by atoms with van der Waals surface area (Å²) in [4.78, 5) is 20.6. The smallest absolute Gasteiger partial charge is 0.261 e. The molecule has 2 fully saturated rings. The van der Waals surface area contributed by atoms with Crippen LogP contribution in [-0.4, -0.2) is 50.3 Å². The Morgan fingerprint density at radius 3 is 2.37 bits per heavy atom. The lowest BCUT2D eigenvalue weighted by atomic mass is 9.98. The lowest BCUT2D eigenvalue weighted by Crippen LogP contribution is -2.47. The van der Waals surface area contributed by atoms with Gasteiger partial charge in [0.1, 0.15) is 17.5 Å². The number of halogens is 2. The quantitative estimate of drug-likeness (QED) is 0.283. The van der Waals surface area contributed by atoms with Crippen molar-refractivity contribution in [1.29, 1.82) is 0 Å². The topological polar surface area (TPSA) is 68.6 Å². The van der Waals surface area contributed by atoms with Crippen LogP contribution in [0.5, 0.6) is 0 Å². The highest BCUT2D eigenvalue weighted by molar-refractivity contribution is 6.74. The fourth-order valence-corrected chi connectivity index (χ4v) is 7.46. The molecule has 10 heteroatoms. The van der Waals surface area contributed by atoms with Gasteiger partial charge in [0, 0.05) is 50.9 Å². The number of aromatic nitrogens is 2. The molecule has 0 bridgehead atoms. The van der Waals surface area contributed by atoms with Gasteiger partial charge in [0.15, 0.2) is 8.32 Å². The van der Waals surface area contributed by atoms with Gasteiger partial charge in [-0.25, -0.2) is 13.8 Å². The molecule has 1 atom stereocenters. The van der Waals surface area contributed by atoms with E-state index in [1.165, 1.54) is 18.2 Å². The lowest BCUT2D eigenvalue weighted by Gasteiger charge is -2.42. The van der Waals surface area contributed by atoms with Gasteiger partial charge in [0.2, 0.25) is 0 Å². The summed E-state index contributed by atoms with van der Waals surface area (Å²) < 4.78 is 43.3. The molecule has 234 valence electrons. The molecule has 43 heavy (non-hydrogen) atoms. The van der Waals surface area contributed by atoms with Crippen molar-refractivity contribution in [2.24, 2.45) is 7.05 Å². The van der Waals surface area contributed by atoms with Gasteiger partial charge in [0.05, 0.1) is 28.3 Å². The van der Waals surface area contributed by atoms with Gasteiger partial charge < -0.3 is 19.4 Å². The van der Waals surface area contributed by atoms with Crippen molar-refractivity contribution >= 4 is 30.6 Å². The Kier molecular flexibility index (Phi) is 9.03. The zero-order valence-electron chi connectivity index (χ0n) is 26.6. The molecule has 0 aliphatic carbocycles. The molecule has 3 heterocycles. The minimum Gasteiger partial charge on any atom is -0.414 e. The number of hydrogen-bond donors (Lipinski definition) is 1. The van der Waals surface area contributed by atoms with Crippen molar-refractivity contribution in [2.75, 3.05) is 36.5 Å². The van der Waals surface area contributed by atoms with Crippen LogP contribution in [-0.2, 0) is 16.2 Å². The summed E-state index contributed by atoms with van der Waals surface area (Å²) in [6.07, 6.45) is 3.50. The molecule has 1 N–H and O–H groups in total.